The second kappa shape index (κ2) is 18.6. The summed E-state index contributed by atoms with van der Waals surface area (Å²) >= 11 is -0.826. The van der Waals surface area contributed by atoms with Crippen molar-refractivity contribution >= 4 is 69.6 Å². The van der Waals surface area contributed by atoms with Crippen molar-refractivity contribution in [2.45, 2.75) is 90.1 Å². The van der Waals surface area contributed by atoms with Crippen LogP contribution in [-0.4, -0.2) is 9.52 Å². The Kier molecular flexibility index (Phi) is 13.0. The molecular formula is C56H56Cl2SiZr. The first-order valence-electron chi connectivity index (χ1n) is 22.3. The smallest absolute Gasteiger partial charge is 0.0114 e. The van der Waals surface area contributed by atoms with Crippen molar-refractivity contribution in [2.75, 3.05) is 0 Å². The van der Waals surface area contributed by atoms with Crippen LogP contribution in [0.3, 0.4) is 0 Å². The van der Waals surface area contributed by atoms with Crippen LogP contribution in [0.5, 0.6) is 0 Å². The SMILES string of the molecule is C[Si]C.[Cl][Zr+2][Cl].c1ccc2c(-c3cccc4[cH-]c(CC56CCC(CC5)C6)cc34)cccc2c1.c1ccc2c(-c3cccc4[cH-]c(CC56CCC(CC5)C6)cc34)cccc2c1. The molecule has 12 rings (SSSR count). The van der Waals surface area contributed by atoms with Gasteiger partial charge in [-0.1, -0.05) is 121 Å². The third kappa shape index (κ3) is 8.71. The largest absolute Gasteiger partial charge is 0.164 e. The predicted octanol–water partition coefficient (Wildman–Crippen LogP) is 17.2. The standard InChI is InChI=1S/2C27H25.C2H6Si.2ClH.Zr/c2*1-2-8-23-21(5-1)6-3-9-24(23)25-10-4-7-22-15-20(16-26(22)25)18-27-13-11-19(17-27)12-14-27;1-3-2;;;/h2*1-10,15-16,19H,11-14,17-18H2;1-2H3;2*1H;/q2*-1;;;;+4/p-2. The van der Waals surface area contributed by atoms with Gasteiger partial charge in [0, 0.05) is 9.52 Å². The minimum Gasteiger partial charge on any atom is -0.164 e. The van der Waals surface area contributed by atoms with Crippen molar-refractivity contribution in [1.29, 1.82) is 0 Å². The molecule has 2 radical (unpaired) electrons. The molecule has 0 aromatic heterocycles. The Labute approximate surface area is 379 Å². The van der Waals surface area contributed by atoms with Gasteiger partial charge in [-0.15, -0.1) is 69.1 Å². The van der Waals surface area contributed by atoms with E-state index in [1.165, 1.54) is 142 Å². The predicted molar refractivity (Wildman–Crippen MR) is 260 cm³/mol. The molecular weight excluding hydrogens is 863 g/mol. The molecule has 60 heavy (non-hydrogen) atoms. The van der Waals surface area contributed by atoms with Gasteiger partial charge in [-0.3, -0.25) is 0 Å². The summed E-state index contributed by atoms with van der Waals surface area (Å²) in [6.07, 6.45) is 17.2. The summed E-state index contributed by atoms with van der Waals surface area (Å²) < 4.78 is 0. The van der Waals surface area contributed by atoms with E-state index in [0.29, 0.717) is 10.8 Å². The van der Waals surface area contributed by atoms with Gasteiger partial charge in [-0.2, -0.15) is 12.1 Å². The summed E-state index contributed by atoms with van der Waals surface area (Å²) in [6.45, 7) is 4.31. The van der Waals surface area contributed by atoms with Crippen LogP contribution >= 0.6 is 17.0 Å². The summed E-state index contributed by atoms with van der Waals surface area (Å²) in [6, 6.07) is 54.4. The Morgan fingerprint density at radius 3 is 1.20 bits per heavy atom. The fourth-order valence-corrected chi connectivity index (χ4v) is 12.2. The van der Waals surface area contributed by atoms with E-state index in [4.69, 9.17) is 17.0 Å². The molecule has 0 amide bonds. The van der Waals surface area contributed by atoms with Crippen LogP contribution in [0.2, 0.25) is 13.1 Å². The maximum absolute atomic E-state index is 4.93. The Bertz CT molecular complexity index is 2510. The van der Waals surface area contributed by atoms with Crippen molar-refractivity contribution in [2.24, 2.45) is 22.7 Å². The van der Waals surface area contributed by atoms with Gasteiger partial charge in [0.15, 0.2) is 0 Å². The maximum Gasteiger partial charge on any atom is -0.0114 e. The summed E-state index contributed by atoms with van der Waals surface area (Å²) in [4.78, 5) is 0. The van der Waals surface area contributed by atoms with Crippen LogP contribution in [0.4, 0.5) is 0 Å². The van der Waals surface area contributed by atoms with Crippen LogP contribution in [0, 0.1) is 22.7 Å². The van der Waals surface area contributed by atoms with Gasteiger partial charge in [0.05, 0.1) is 0 Å². The minimum atomic E-state index is -0.826. The zero-order valence-corrected chi connectivity index (χ0v) is 40.2. The van der Waals surface area contributed by atoms with Crippen LogP contribution in [0.15, 0.2) is 146 Å². The third-order valence-corrected chi connectivity index (χ3v) is 14.7. The molecule has 8 aromatic rings. The van der Waals surface area contributed by atoms with Crippen molar-refractivity contribution in [3.63, 3.8) is 0 Å². The molecule has 0 spiro atoms. The Morgan fingerprint density at radius 1 is 0.500 bits per heavy atom. The van der Waals surface area contributed by atoms with E-state index in [-0.39, 0.29) is 0 Å². The van der Waals surface area contributed by atoms with E-state index in [1.54, 1.807) is 11.1 Å². The molecule has 4 aliphatic carbocycles. The monoisotopic (exact) mass is 916 g/mol. The van der Waals surface area contributed by atoms with Gasteiger partial charge in [-0.25, -0.2) is 0 Å². The molecule has 0 N–H and O–H groups in total. The van der Waals surface area contributed by atoms with Crippen molar-refractivity contribution < 1.29 is 20.8 Å². The zero-order chi connectivity index (χ0) is 41.1. The maximum atomic E-state index is 4.93. The molecule has 0 nitrogen and oxygen atoms in total. The van der Waals surface area contributed by atoms with E-state index in [2.05, 4.69) is 159 Å². The van der Waals surface area contributed by atoms with Gasteiger partial charge < -0.3 is 0 Å². The summed E-state index contributed by atoms with van der Waals surface area (Å²) in [5, 5.41) is 11.0. The van der Waals surface area contributed by atoms with E-state index in [0.717, 1.165) is 21.4 Å². The van der Waals surface area contributed by atoms with Gasteiger partial charge in [-0.05, 0) is 132 Å². The molecule has 4 saturated carbocycles. The first-order chi connectivity index (χ1) is 29.4. The van der Waals surface area contributed by atoms with Gasteiger partial charge in [0.25, 0.3) is 0 Å². The van der Waals surface area contributed by atoms with E-state index in [9.17, 15) is 0 Å². The molecule has 4 fully saturated rings. The number of rotatable bonds is 6. The molecule has 4 heteroatoms. The summed E-state index contributed by atoms with van der Waals surface area (Å²) in [5.74, 6) is 2.06. The average Bonchev–Trinajstić information content (AvgIpc) is 4.15. The first-order valence-corrected chi connectivity index (χ1v) is 30.6. The number of hydrogen-bond donors (Lipinski definition) is 0. The van der Waals surface area contributed by atoms with Crippen LogP contribution in [0.25, 0.3) is 65.3 Å². The summed E-state index contributed by atoms with van der Waals surface area (Å²) in [7, 11) is 11.0. The number of hydrogen-bond acceptors (Lipinski definition) is 0. The van der Waals surface area contributed by atoms with Crippen LogP contribution < -0.4 is 0 Å². The van der Waals surface area contributed by atoms with Crippen molar-refractivity contribution in [3.8, 4) is 22.3 Å². The number of fused-ring (bicyclic) bond motifs is 8. The Hall–Kier alpha value is -3.26. The van der Waals surface area contributed by atoms with Gasteiger partial charge >= 0.3 is 37.9 Å². The normalized spacial score (nSPS) is 22.3. The molecule has 8 aromatic carbocycles. The molecule has 0 aliphatic heterocycles. The molecule has 0 heterocycles. The fourth-order valence-electron chi connectivity index (χ4n) is 12.2. The average molecular weight is 919 g/mol. The minimum absolute atomic E-state index is 0.620. The van der Waals surface area contributed by atoms with Gasteiger partial charge in [0.1, 0.15) is 0 Å². The van der Waals surface area contributed by atoms with E-state index >= 15 is 0 Å². The molecule has 0 atom stereocenters. The Morgan fingerprint density at radius 2 is 0.833 bits per heavy atom. The Balaban J connectivity index is 0.000000137. The molecule has 0 unspecified atom stereocenters. The van der Waals surface area contributed by atoms with E-state index in [1.807, 2.05) is 0 Å². The number of halogens is 2. The van der Waals surface area contributed by atoms with Crippen LogP contribution in [0.1, 0.15) is 75.3 Å². The first kappa shape index (κ1) is 42.1. The molecule has 0 saturated heterocycles. The fraction of sp³-hybridized carbons (Fsp3) is 0.321. The second-order valence-electron chi connectivity index (χ2n) is 18.6. The van der Waals surface area contributed by atoms with Crippen molar-refractivity contribution in [3.05, 3.63) is 157 Å². The van der Waals surface area contributed by atoms with Gasteiger partial charge in [0.2, 0.25) is 0 Å². The quantitative estimate of drug-likeness (QED) is 0.115. The third-order valence-electron chi connectivity index (χ3n) is 14.7. The van der Waals surface area contributed by atoms with Crippen molar-refractivity contribution in [1.82, 2.24) is 0 Å². The molecule has 4 aliphatic rings. The van der Waals surface area contributed by atoms with Crippen LogP contribution in [-0.2, 0) is 33.7 Å². The van der Waals surface area contributed by atoms with E-state index < -0.39 is 20.8 Å². The molecule has 302 valence electrons. The topological polar surface area (TPSA) is 0 Å². The molecule has 4 bridgehead atoms. The zero-order valence-electron chi connectivity index (χ0n) is 35.3. The number of benzene rings is 6. The summed E-state index contributed by atoms with van der Waals surface area (Å²) in [5.41, 5.74) is 9.82. The second-order valence-corrected chi connectivity index (χ2v) is 23.3.